The third kappa shape index (κ3) is 6.34. The maximum Gasteiger partial charge on any atom is 0.244 e. The minimum absolute atomic E-state index is 0.0656. The molecule has 1 fully saturated rings. The summed E-state index contributed by atoms with van der Waals surface area (Å²) in [6, 6.07) is 7.57. The fourth-order valence-electron chi connectivity index (χ4n) is 2.75. The third-order valence-corrected chi connectivity index (χ3v) is 3.89. The van der Waals surface area contributed by atoms with Crippen molar-refractivity contribution >= 4 is 12.0 Å². The van der Waals surface area contributed by atoms with Crippen LogP contribution in [0.1, 0.15) is 19.4 Å². The first-order valence-electron chi connectivity index (χ1n) is 8.50. The number of nitrogens with zero attached hydrogens (tertiary/aromatic N) is 1. The molecule has 132 valence electrons. The van der Waals surface area contributed by atoms with Gasteiger partial charge in [0.2, 0.25) is 5.91 Å². The molecule has 0 saturated carbocycles. The van der Waals surface area contributed by atoms with E-state index < -0.39 is 0 Å². The molecule has 1 aliphatic rings. The van der Waals surface area contributed by atoms with Gasteiger partial charge < -0.3 is 14.8 Å². The molecule has 0 spiro atoms. The van der Waals surface area contributed by atoms with E-state index in [0.29, 0.717) is 12.5 Å². The zero-order valence-corrected chi connectivity index (χ0v) is 14.8. The number of hydrogen-bond acceptors (Lipinski definition) is 4. The number of carbonyl (C=O) groups excluding carboxylic acids is 1. The van der Waals surface area contributed by atoms with Crippen molar-refractivity contribution < 1.29 is 14.3 Å². The maximum absolute atomic E-state index is 11.9. The highest BCUT2D eigenvalue weighted by atomic mass is 16.5. The lowest BCUT2D eigenvalue weighted by Crippen LogP contribution is -2.48. The molecular weight excluding hydrogens is 304 g/mol. The summed E-state index contributed by atoms with van der Waals surface area (Å²) in [4.78, 5) is 14.4. The lowest BCUT2D eigenvalue weighted by Gasteiger charge is -2.33. The zero-order chi connectivity index (χ0) is 17.4. The van der Waals surface area contributed by atoms with Gasteiger partial charge >= 0.3 is 0 Å². The average Bonchev–Trinajstić information content (AvgIpc) is 2.58. The van der Waals surface area contributed by atoms with Crippen molar-refractivity contribution in [2.24, 2.45) is 5.92 Å². The van der Waals surface area contributed by atoms with Crippen LogP contribution in [0.15, 0.2) is 30.3 Å². The fraction of sp³-hybridized carbons (Fsp3) is 0.526. The molecule has 0 radical (unpaired) electrons. The van der Waals surface area contributed by atoms with Gasteiger partial charge in [-0.25, -0.2) is 0 Å². The molecule has 0 bridgehead atoms. The number of carbonyl (C=O) groups is 1. The van der Waals surface area contributed by atoms with Gasteiger partial charge in [-0.1, -0.05) is 26.0 Å². The normalized spacial score (nSPS) is 18.9. The first kappa shape index (κ1) is 18.5. The summed E-state index contributed by atoms with van der Waals surface area (Å²) in [5.41, 5.74) is 0.961. The molecule has 2 rings (SSSR count). The highest BCUT2D eigenvalue weighted by Gasteiger charge is 2.20. The second-order valence-corrected chi connectivity index (χ2v) is 6.50. The molecule has 1 N–H and O–H groups in total. The summed E-state index contributed by atoms with van der Waals surface area (Å²) >= 11 is 0. The van der Waals surface area contributed by atoms with E-state index in [1.807, 2.05) is 24.3 Å². The van der Waals surface area contributed by atoms with Crippen LogP contribution in [0.3, 0.4) is 0 Å². The third-order valence-electron chi connectivity index (χ3n) is 3.89. The van der Waals surface area contributed by atoms with Gasteiger partial charge in [0.05, 0.1) is 19.8 Å². The number of methoxy groups -OCH3 is 1. The van der Waals surface area contributed by atoms with Crippen LogP contribution in [-0.2, 0) is 9.53 Å². The highest BCUT2D eigenvalue weighted by molar-refractivity contribution is 5.91. The molecule has 5 heteroatoms. The van der Waals surface area contributed by atoms with Crippen LogP contribution in [0.2, 0.25) is 0 Å². The standard InChI is InChI=1S/C19H28N2O3/c1-15(2)13-21-10-11-24-18(14-21)12-20-19(22)9-6-16-4-7-17(23-3)8-5-16/h4-9,15,18H,10-14H2,1-3H3,(H,20,22)/b9-6+. The number of hydrogen-bond donors (Lipinski definition) is 1. The van der Waals surface area contributed by atoms with Crippen LogP contribution in [0.25, 0.3) is 6.08 Å². The fourth-order valence-corrected chi connectivity index (χ4v) is 2.75. The predicted octanol–water partition coefficient (Wildman–Crippen LogP) is 2.18. The van der Waals surface area contributed by atoms with Gasteiger partial charge in [0.1, 0.15) is 5.75 Å². The van der Waals surface area contributed by atoms with E-state index in [1.54, 1.807) is 19.3 Å². The van der Waals surface area contributed by atoms with Gasteiger partial charge in [0, 0.05) is 32.3 Å². The van der Waals surface area contributed by atoms with Crippen LogP contribution < -0.4 is 10.1 Å². The Morgan fingerprint density at radius 3 is 2.83 bits per heavy atom. The van der Waals surface area contributed by atoms with Crippen molar-refractivity contribution in [1.29, 1.82) is 0 Å². The van der Waals surface area contributed by atoms with Crippen LogP contribution in [0, 0.1) is 5.92 Å². The van der Waals surface area contributed by atoms with Gasteiger partial charge in [0.15, 0.2) is 0 Å². The lowest BCUT2D eigenvalue weighted by molar-refractivity contribution is -0.117. The average molecular weight is 332 g/mol. The molecule has 1 heterocycles. The SMILES string of the molecule is COc1ccc(/C=C/C(=O)NCC2CN(CC(C)C)CCO2)cc1. The maximum atomic E-state index is 11.9. The summed E-state index contributed by atoms with van der Waals surface area (Å²) in [7, 11) is 1.63. The van der Waals surface area contributed by atoms with E-state index in [9.17, 15) is 4.79 Å². The van der Waals surface area contributed by atoms with Crippen molar-refractivity contribution in [3.05, 3.63) is 35.9 Å². The van der Waals surface area contributed by atoms with Crippen LogP contribution in [0.4, 0.5) is 0 Å². The second-order valence-electron chi connectivity index (χ2n) is 6.50. The van der Waals surface area contributed by atoms with E-state index in [-0.39, 0.29) is 12.0 Å². The van der Waals surface area contributed by atoms with E-state index in [1.165, 1.54) is 0 Å². The summed E-state index contributed by atoms with van der Waals surface area (Å²) in [6.45, 7) is 8.63. The summed E-state index contributed by atoms with van der Waals surface area (Å²) in [5, 5.41) is 2.92. The monoisotopic (exact) mass is 332 g/mol. The van der Waals surface area contributed by atoms with Crippen molar-refractivity contribution in [2.45, 2.75) is 20.0 Å². The van der Waals surface area contributed by atoms with E-state index in [4.69, 9.17) is 9.47 Å². The molecule has 1 amide bonds. The van der Waals surface area contributed by atoms with Crippen molar-refractivity contribution in [2.75, 3.05) is 39.9 Å². The molecule has 0 aromatic heterocycles. The van der Waals surface area contributed by atoms with Crippen molar-refractivity contribution in [1.82, 2.24) is 10.2 Å². The van der Waals surface area contributed by atoms with Gasteiger partial charge in [-0.3, -0.25) is 9.69 Å². The molecule has 1 atom stereocenters. The van der Waals surface area contributed by atoms with Crippen LogP contribution in [-0.4, -0.2) is 56.8 Å². The molecule has 1 saturated heterocycles. The van der Waals surface area contributed by atoms with Gasteiger partial charge in [-0.05, 0) is 29.7 Å². The molecule has 0 aliphatic carbocycles. The minimum Gasteiger partial charge on any atom is -0.497 e. The Labute approximate surface area is 144 Å². The molecule has 1 unspecified atom stereocenters. The Bertz CT molecular complexity index is 540. The Morgan fingerprint density at radius 1 is 1.42 bits per heavy atom. The number of morpholine rings is 1. The number of benzene rings is 1. The minimum atomic E-state index is -0.101. The lowest BCUT2D eigenvalue weighted by atomic mass is 10.2. The molecule has 24 heavy (non-hydrogen) atoms. The number of amides is 1. The Morgan fingerprint density at radius 2 is 2.17 bits per heavy atom. The summed E-state index contributed by atoms with van der Waals surface area (Å²) in [5.74, 6) is 1.35. The molecule has 1 aromatic carbocycles. The Balaban J connectivity index is 1.74. The molecular formula is C19H28N2O3. The smallest absolute Gasteiger partial charge is 0.244 e. The van der Waals surface area contributed by atoms with Crippen LogP contribution in [0.5, 0.6) is 5.75 Å². The first-order chi connectivity index (χ1) is 11.6. The summed E-state index contributed by atoms with van der Waals surface area (Å²) in [6.07, 6.45) is 3.41. The number of rotatable bonds is 7. The summed E-state index contributed by atoms with van der Waals surface area (Å²) < 4.78 is 10.8. The van der Waals surface area contributed by atoms with Gasteiger partial charge in [-0.2, -0.15) is 0 Å². The number of nitrogens with one attached hydrogen (secondary N) is 1. The molecule has 5 nitrogen and oxygen atoms in total. The zero-order valence-electron chi connectivity index (χ0n) is 14.8. The first-order valence-corrected chi connectivity index (χ1v) is 8.50. The van der Waals surface area contributed by atoms with Crippen molar-refractivity contribution in [3.8, 4) is 5.75 Å². The van der Waals surface area contributed by atoms with Gasteiger partial charge in [0.25, 0.3) is 0 Å². The Hall–Kier alpha value is -1.85. The molecule has 1 aliphatic heterocycles. The van der Waals surface area contributed by atoms with E-state index >= 15 is 0 Å². The predicted molar refractivity (Wildman–Crippen MR) is 96.1 cm³/mol. The van der Waals surface area contributed by atoms with E-state index in [0.717, 1.165) is 37.6 Å². The molecule has 1 aromatic rings. The van der Waals surface area contributed by atoms with Crippen LogP contribution >= 0.6 is 0 Å². The second kappa shape index (κ2) is 9.45. The number of ether oxygens (including phenoxy) is 2. The van der Waals surface area contributed by atoms with E-state index in [2.05, 4.69) is 24.1 Å². The highest BCUT2D eigenvalue weighted by Crippen LogP contribution is 2.12. The topological polar surface area (TPSA) is 50.8 Å². The largest absolute Gasteiger partial charge is 0.497 e. The van der Waals surface area contributed by atoms with Gasteiger partial charge in [-0.15, -0.1) is 0 Å². The Kier molecular flexibility index (Phi) is 7.28. The quantitative estimate of drug-likeness (QED) is 0.778. The van der Waals surface area contributed by atoms with Crippen molar-refractivity contribution in [3.63, 3.8) is 0 Å².